The summed E-state index contributed by atoms with van der Waals surface area (Å²) in [6.45, 7) is 5.95. The highest BCUT2D eigenvalue weighted by Gasteiger charge is 2.39. The number of thiocarbonyl (C=S) groups is 1. The van der Waals surface area contributed by atoms with Crippen LogP contribution in [0.5, 0.6) is 0 Å². The van der Waals surface area contributed by atoms with E-state index in [1.807, 2.05) is 62.7 Å². The Bertz CT molecular complexity index is 814. The predicted molar refractivity (Wildman–Crippen MR) is 95.5 cm³/mol. The Morgan fingerprint density at radius 2 is 1.95 bits per heavy atom. The minimum Gasteiger partial charge on any atom is -0.328 e. The van der Waals surface area contributed by atoms with Crippen molar-refractivity contribution in [1.29, 1.82) is 0 Å². The van der Waals surface area contributed by atoms with Gasteiger partial charge in [0.2, 0.25) is 0 Å². The number of amides is 1. The lowest BCUT2D eigenvalue weighted by Crippen LogP contribution is -2.44. The maximum Gasteiger partial charge on any atom is 0.266 e. The van der Waals surface area contributed by atoms with E-state index in [-0.39, 0.29) is 11.4 Å². The van der Waals surface area contributed by atoms with Gasteiger partial charge in [-0.2, -0.15) is 0 Å². The third kappa shape index (κ3) is 2.46. The van der Waals surface area contributed by atoms with Crippen molar-refractivity contribution in [2.75, 3.05) is 0 Å². The van der Waals surface area contributed by atoms with Crippen LogP contribution in [-0.4, -0.2) is 30.2 Å². The average Bonchev–Trinajstić information content (AvgIpc) is 2.88. The summed E-state index contributed by atoms with van der Waals surface area (Å²) in [7, 11) is 1.95. The molecule has 1 aromatic heterocycles. The van der Waals surface area contributed by atoms with Gasteiger partial charge in [-0.3, -0.25) is 9.69 Å². The van der Waals surface area contributed by atoms with Crippen molar-refractivity contribution in [3.05, 3.63) is 35.0 Å². The number of thioether (sulfide) groups is 1. The van der Waals surface area contributed by atoms with Gasteiger partial charge in [0.05, 0.1) is 15.9 Å². The van der Waals surface area contributed by atoms with Gasteiger partial charge in [0.1, 0.15) is 10.1 Å². The molecular weight excluding hydrogens is 314 g/mol. The second kappa shape index (κ2) is 5.21. The van der Waals surface area contributed by atoms with Gasteiger partial charge in [-0.05, 0) is 32.9 Å². The van der Waals surface area contributed by atoms with Crippen LogP contribution in [0.1, 0.15) is 26.6 Å². The number of nitrogens with zero attached hydrogens (tertiary/aromatic N) is 3. The minimum atomic E-state index is -0.316. The largest absolute Gasteiger partial charge is 0.328 e. The summed E-state index contributed by atoms with van der Waals surface area (Å²) in [5.41, 5.74) is 1.64. The predicted octanol–water partition coefficient (Wildman–Crippen LogP) is 3.57. The number of hydrogen-bond donors (Lipinski definition) is 0. The normalized spacial score (nSPS) is 18.0. The standard InChI is InChI=1S/C16H17N3OS2/c1-16(2,3)19-14(20)12(22-15(19)21)9-13-17-10-7-5-6-8-11(10)18(13)4/h5-9H,1-4H3/b12-9+. The first kappa shape index (κ1) is 15.2. The molecular formula is C16H17N3OS2. The number of aromatic nitrogens is 2. The fourth-order valence-electron chi connectivity index (χ4n) is 2.46. The number of aryl methyl sites for hydroxylation is 1. The second-order valence-electron chi connectivity index (χ2n) is 6.21. The zero-order chi connectivity index (χ0) is 16.1. The summed E-state index contributed by atoms with van der Waals surface area (Å²) >= 11 is 6.69. The number of carbonyl (C=O) groups excluding carboxylic acids is 1. The summed E-state index contributed by atoms with van der Waals surface area (Å²) in [4.78, 5) is 19.5. The summed E-state index contributed by atoms with van der Waals surface area (Å²) in [6.07, 6.45) is 1.82. The summed E-state index contributed by atoms with van der Waals surface area (Å²) in [6, 6.07) is 7.91. The van der Waals surface area contributed by atoms with E-state index >= 15 is 0 Å². The number of benzene rings is 1. The van der Waals surface area contributed by atoms with E-state index in [1.165, 1.54) is 11.8 Å². The van der Waals surface area contributed by atoms with E-state index in [2.05, 4.69) is 4.98 Å². The zero-order valence-corrected chi connectivity index (χ0v) is 14.6. The molecule has 1 aliphatic heterocycles. The highest BCUT2D eigenvalue weighted by molar-refractivity contribution is 8.26. The van der Waals surface area contributed by atoms with Crippen LogP contribution in [0.4, 0.5) is 0 Å². The number of carbonyl (C=O) groups is 1. The van der Waals surface area contributed by atoms with Gasteiger partial charge < -0.3 is 4.57 Å². The van der Waals surface area contributed by atoms with Crippen LogP contribution in [0.15, 0.2) is 29.2 Å². The SMILES string of the molecule is Cn1c(/C=C2/SC(=S)N(C(C)(C)C)C2=O)nc2ccccc21. The molecule has 4 nitrogen and oxygen atoms in total. The molecule has 114 valence electrons. The van der Waals surface area contributed by atoms with E-state index < -0.39 is 0 Å². The van der Waals surface area contributed by atoms with Gasteiger partial charge in [0.25, 0.3) is 5.91 Å². The van der Waals surface area contributed by atoms with E-state index in [4.69, 9.17) is 12.2 Å². The molecule has 1 amide bonds. The Balaban J connectivity index is 2.03. The van der Waals surface area contributed by atoms with Crippen molar-refractivity contribution in [2.45, 2.75) is 26.3 Å². The lowest BCUT2D eigenvalue weighted by atomic mass is 10.1. The first-order valence-corrected chi connectivity index (χ1v) is 8.21. The highest BCUT2D eigenvalue weighted by atomic mass is 32.2. The molecule has 22 heavy (non-hydrogen) atoms. The van der Waals surface area contributed by atoms with Crippen molar-refractivity contribution in [1.82, 2.24) is 14.5 Å². The molecule has 1 aromatic carbocycles. The maximum absolute atomic E-state index is 12.6. The Hall–Kier alpha value is -1.66. The van der Waals surface area contributed by atoms with Crippen LogP contribution in [0, 0.1) is 0 Å². The van der Waals surface area contributed by atoms with Gasteiger partial charge in [-0.1, -0.05) is 36.1 Å². The molecule has 1 saturated heterocycles. The van der Waals surface area contributed by atoms with Crippen LogP contribution >= 0.6 is 24.0 Å². The summed E-state index contributed by atoms with van der Waals surface area (Å²) in [5.74, 6) is 0.713. The molecule has 0 aliphatic carbocycles. The lowest BCUT2D eigenvalue weighted by Gasteiger charge is -2.30. The smallest absolute Gasteiger partial charge is 0.266 e. The summed E-state index contributed by atoms with van der Waals surface area (Å²) in [5, 5.41) is 0. The Kier molecular flexibility index (Phi) is 3.61. The minimum absolute atomic E-state index is 0.0467. The van der Waals surface area contributed by atoms with E-state index in [1.54, 1.807) is 4.90 Å². The first-order chi connectivity index (χ1) is 10.3. The molecule has 0 unspecified atom stereocenters. The molecule has 2 aromatic rings. The van der Waals surface area contributed by atoms with Gasteiger partial charge in [-0.15, -0.1) is 0 Å². The zero-order valence-electron chi connectivity index (χ0n) is 13.0. The molecule has 0 bridgehead atoms. The van der Waals surface area contributed by atoms with Crippen molar-refractivity contribution in [3.8, 4) is 0 Å². The number of rotatable bonds is 1. The molecule has 0 atom stereocenters. The fraction of sp³-hybridized carbons (Fsp3) is 0.312. The molecule has 3 rings (SSSR count). The molecule has 1 aliphatic rings. The van der Waals surface area contributed by atoms with E-state index in [0.717, 1.165) is 16.9 Å². The Labute approximate surface area is 139 Å². The molecule has 0 radical (unpaired) electrons. The van der Waals surface area contributed by atoms with Crippen molar-refractivity contribution >= 4 is 51.3 Å². The van der Waals surface area contributed by atoms with Gasteiger partial charge in [0.15, 0.2) is 0 Å². The quantitative estimate of drug-likeness (QED) is 0.591. The maximum atomic E-state index is 12.6. The lowest BCUT2D eigenvalue weighted by molar-refractivity contribution is -0.125. The number of hydrogen-bond acceptors (Lipinski definition) is 4. The molecule has 0 spiro atoms. The van der Waals surface area contributed by atoms with Crippen molar-refractivity contribution in [2.24, 2.45) is 7.05 Å². The average molecular weight is 331 g/mol. The Morgan fingerprint density at radius 3 is 2.55 bits per heavy atom. The molecule has 6 heteroatoms. The van der Waals surface area contributed by atoms with Gasteiger partial charge >= 0.3 is 0 Å². The third-order valence-corrected chi connectivity index (χ3v) is 4.85. The van der Waals surface area contributed by atoms with Crippen LogP contribution < -0.4 is 0 Å². The molecule has 0 N–H and O–H groups in total. The number of fused-ring (bicyclic) bond motifs is 1. The molecule has 0 saturated carbocycles. The molecule has 2 heterocycles. The highest BCUT2D eigenvalue weighted by Crippen LogP contribution is 2.36. The fourth-order valence-corrected chi connectivity index (χ4v) is 4.06. The van der Waals surface area contributed by atoms with Crippen LogP contribution in [0.25, 0.3) is 17.1 Å². The van der Waals surface area contributed by atoms with Crippen LogP contribution in [0.3, 0.4) is 0 Å². The van der Waals surface area contributed by atoms with Gasteiger partial charge in [0, 0.05) is 18.7 Å². The molecule has 1 fully saturated rings. The number of para-hydroxylation sites is 2. The second-order valence-corrected chi connectivity index (χ2v) is 7.88. The van der Waals surface area contributed by atoms with Gasteiger partial charge in [-0.25, -0.2) is 4.98 Å². The monoisotopic (exact) mass is 331 g/mol. The van der Waals surface area contributed by atoms with E-state index in [0.29, 0.717) is 9.23 Å². The topological polar surface area (TPSA) is 38.1 Å². The van der Waals surface area contributed by atoms with E-state index in [9.17, 15) is 4.79 Å². The Morgan fingerprint density at radius 1 is 1.27 bits per heavy atom. The van der Waals surface area contributed by atoms with Crippen LogP contribution in [0.2, 0.25) is 0 Å². The van der Waals surface area contributed by atoms with Crippen LogP contribution in [-0.2, 0) is 11.8 Å². The first-order valence-electron chi connectivity index (χ1n) is 6.98. The van der Waals surface area contributed by atoms with Crippen molar-refractivity contribution < 1.29 is 4.79 Å². The number of imidazole rings is 1. The van der Waals surface area contributed by atoms with Crippen molar-refractivity contribution in [3.63, 3.8) is 0 Å². The third-order valence-electron chi connectivity index (χ3n) is 3.55. The summed E-state index contributed by atoms with van der Waals surface area (Å²) < 4.78 is 2.58.